The Hall–Kier alpha value is -5.21. The molecule has 5 rings (SSSR count). The number of aromatic nitrogens is 1. The van der Waals surface area contributed by atoms with Gasteiger partial charge in [-0.25, -0.2) is 13.6 Å². The lowest BCUT2D eigenvalue weighted by Gasteiger charge is -2.25. The van der Waals surface area contributed by atoms with Gasteiger partial charge >= 0.3 is 18.3 Å². The molecule has 48 heavy (non-hydrogen) atoms. The first-order valence-electron chi connectivity index (χ1n) is 14.4. The third kappa shape index (κ3) is 7.34. The number of alkyl halides is 6. The van der Waals surface area contributed by atoms with Crippen LogP contribution in [0.2, 0.25) is 0 Å². The van der Waals surface area contributed by atoms with Crippen LogP contribution < -0.4 is 15.4 Å². The molecule has 0 saturated carbocycles. The van der Waals surface area contributed by atoms with Gasteiger partial charge in [-0.15, -0.1) is 0 Å². The van der Waals surface area contributed by atoms with E-state index in [1.165, 1.54) is 48.7 Å². The maximum absolute atomic E-state index is 15.1. The number of aliphatic carboxylic acids is 1. The number of fused-ring (bicyclic) bond motifs is 1. The number of halogens is 8. The fourth-order valence-corrected chi connectivity index (χ4v) is 5.45. The number of hydrogen-bond donors (Lipinski definition) is 3. The summed E-state index contributed by atoms with van der Waals surface area (Å²) in [6.45, 7) is 0.162. The molecule has 4 aromatic rings. The van der Waals surface area contributed by atoms with Crippen LogP contribution in [0.3, 0.4) is 0 Å². The van der Waals surface area contributed by atoms with Crippen LogP contribution in [-0.4, -0.2) is 40.8 Å². The van der Waals surface area contributed by atoms with Crippen LogP contribution in [0, 0.1) is 11.6 Å². The van der Waals surface area contributed by atoms with E-state index in [9.17, 15) is 41.0 Å². The Kier molecular flexibility index (Phi) is 9.59. The summed E-state index contributed by atoms with van der Waals surface area (Å²) in [5, 5.41) is 13.9. The maximum atomic E-state index is 15.1. The molecule has 0 spiro atoms. The molecule has 252 valence electrons. The molecule has 0 fully saturated rings. The number of pyridine rings is 1. The third-order valence-electron chi connectivity index (χ3n) is 7.61. The summed E-state index contributed by atoms with van der Waals surface area (Å²) < 4.78 is 118. The second kappa shape index (κ2) is 13.5. The van der Waals surface area contributed by atoms with Crippen LogP contribution in [0.25, 0.3) is 11.3 Å². The quantitative estimate of drug-likeness (QED) is 0.158. The Morgan fingerprint density at radius 2 is 1.62 bits per heavy atom. The number of rotatable bonds is 9. The zero-order valence-corrected chi connectivity index (χ0v) is 24.6. The number of carboxylic acids is 1. The molecule has 0 bridgehead atoms. The summed E-state index contributed by atoms with van der Waals surface area (Å²) in [6, 6.07) is 8.01. The van der Waals surface area contributed by atoms with Crippen molar-refractivity contribution >= 4 is 17.6 Å². The lowest BCUT2D eigenvalue weighted by atomic mass is 9.90. The first kappa shape index (κ1) is 34.1. The van der Waals surface area contributed by atoms with E-state index in [2.05, 4.69) is 4.98 Å². The molecule has 1 aromatic heterocycles. The number of benzene rings is 3. The van der Waals surface area contributed by atoms with Crippen molar-refractivity contribution in [2.24, 2.45) is 0 Å². The highest BCUT2D eigenvalue weighted by Gasteiger charge is 2.41. The summed E-state index contributed by atoms with van der Waals surface area (Å²) >= 11 is 0. The summed E-state index contributed by atoms with van der Waals surface area (Å²) in [5.41, 5.74) is -2.82. The molecular weight excluding hydrogens is 654 g/mol. The third-order valence-corrected chi connectivity index (χ3v) is 7.61. The SMILES string of the molecule is O=C(NC(Cc1ccc(-c2ncccc2C(F)(F)F)c2c1CCCO2)C(=O)O)c1c(F)cc(N[C@H](c2ccccc2)C(F)(F)F)cc1F. The second-order valence-corrected chi connectivity index (χ2v) is 10.8. The van der Waals surface area contributed by atoms with Crippen molar-refractivity contribution in [2.75, 3.05) is 11.9 Å². The van der Waals surface area contributed by atoms with E-state index in [4.69, 9.17) is 4.74 Å². The maximum Gasteiger partial charge on any atom is 0.418 e. The molecule has 1 unspecified atom stereocenters. The lowest BCUT2D eigenvalue weighted by molar-refractivity contribution is -0.144. The molecule has 3 N–H and O–H groups in total. The van der Waals surface area contributed by atoms with Crippen LogP contribution in [0.5, 0.6) is 5.75 Å². The first-order valence-corrected chi connectivity index (χ1v) is 14.4. The number of ether oxygens (including phenoxy) is 1. The molecule has 1 amide bonds. The van der Waals surface area contributed by atoms with Crippen LogP contribution >= 0.6 is 0 Å². The Bertz CT molecular complexity index is 1810. The molecule has 0 saturated heterocycles. The predicted octanol–water partition coefficient (Wildman–Crippen LogP) is 7.51. The van der Waals surface area contributed by atoms with E-state index in [0.29, 0.717) is 24.1 Å². The van der Waals surface area contributed by atoms with Gasteiger partial charge in [-0.1, -0.05) is 36.4 Å². The minimum absolute atomic E-state index is 0.0233. The van der Waals surface area contributed by atoms with Gasteiger partial charge in [0, 0.05) is 23.9 Å². The molecule has 0 radical (unpaired) electrons. The fraction of sp³-hybridized carbons (Fsp3) is 0.242. The molecule has 0 aliphatic carbocycles. The minimum atomic E-state index is -4.86. The molecule has 2 atom stereocenters. The van der Waals surface area contributed by atoms with Crippen molar-refractivity contribution < 1.29 is 54.6 Å². The van der Waals surface area contributed by atoms with Gasteiger partial charge in [0.05, 0.1) is 17.9 Å². The molecular formula is C33H25F8N3O4. The van der Waals surface area contributed by atoms with Gasteiger partial charge in [0.1, 0.15) is 35.0 Å². The Labute approximate surface area is 267 Å². The van der Waals surface area contributed by atoms with Crippen LogP contribution in [0.15, 0.2) is 72.9 Å². The zero-order valence-electron chi connectivity index (χ0n) is 24.6. The number of nitrogens with one attached hydrogen (secondary N) is 2. The van der Waals surface area contributed by atoms with Crippen LogP contribution in [-0.2, 0) is 23.8 Å². The van der Waals surface area contributed by atoms with Crippen molar-refractivity contribution in [3.8, 4) is 17.0 Å². The van der Waals surface area contributed by atoms with E-state index >= 15 is 8.78 Å². The molecule has 7 nitrogen and oxygen atoms in total. The van der Waals surface area contributed by atoms with Crippen molar-refractivity contribution in [3.63, 3.8) is 0 Å². The fourth-order valence-electron chi connectivity index (χ4n) is 5.45. The van der Waals surface area contributed by atoms with Gasteiger partial charge in [-0.2, -0.15) is 26.3 Å². The van der Waals surface area contributed by atoms with E-state index in [-0.39, 0.29) is 35.5 Å². The predicted molar refractivity (Wildman–Crippen MR) is 156 cm³/mol. The topological polar surface area (TPSA) is 101 Å². The summed E-state index contributed by atoms with van der Waals surface area (Å²) in [4.78, 5) is 29.0. The number of anilines is 1. The number of carbonyl (C=O) groups excluding carboxylic acids is 1. The molecule has 15 heteroatoms. The number of amides is 1. The summed E-state index contributed by atoms with van der Waals surface area (Å²) in [6.07, 6.45) is -8.13. The van der Waals surface area contributed by atoms with E-state index in [1.54, 1.807) is 0 Å². The smallest absolute Gasteiger partial charge is 0.418 e. The largest absolute Gasteiger partial charge is 0.493 e. The van der Waals surface area contributed by atoms with Gasteiger partial charge in [-0.3, -0.25) is 9.78 Å². The highest BCUT2D eigenvalue weighted by molar-refractivity contribution is 5.97. The van der Waals surface area contributed by atoms with Gasteiger partial charge in [0.2, 0.25) is 0 Å². The minimum Gasteiger partial charge on any atom is -0.493 e. The molecule has 3 aromatic carbocycles. The molecule has 1 aliphatic heterocycles. The standard InChI is InChI=1S/C33H25F8N3O4/c34-23-15-19(43-29(33(39,40)41)17-6-2-1-3-7-17)16-24(35)26(23)30(45)44-25(31(46)47)14-18-10-11-21(28-20(18)8-5-13-48-28)27-22(32(36,37)38)9-4-12-42-27/h1-4,6-7,9-12,15-16,25,29,43H,5,8,13-14H2,(H,44,45)(H,46,47)/t25?,29-/m1/s1. The van der Waals surface area contributed by atoms with Crippen molar-refractivity contribution in [3.05, 3.63) is 112 Å². The second-order valence-electron chi connectivity index (χ2n) is 10.8. The highest BCUT2D eigenvalue weighted by Crippen LogP contribution is 2.43. The first-order chi connectivity index (χ1) is 22.6. The van der Waals surface area contributed by atoms with Crippen molar-refractivity contribution in [1.29, 1.82) is 0 Å². The Morgan fingerprint density at radius 1 is 0.938 bits per heavy atom. The summed E-state index contributed by atoms with van der Waals surface area (Å²) in [5.74, 6) is -6.15. The van der Waals surface area contributed by atoms with Gasteiger partial charge < -0.3 is 20.5 Å². The van der Waals surface area contributed by atoms with Gasteiger partial charge in [0.25, 0.3) is 5.91 Å². The van der Waals surface area contributed by atoms with E-state index < -0.39 is 76.9 Å². The Balaban J connectivity index is 1.40. The normalized spacial score (nSPS) is 14.3. The number of hydrogen-bond acceptors (Lipinski definition) is 5. The number of nitrogens with zero attached hydrogens (tertiary/aromatic N) is 1. The number of carboxylic acid groups (broad SMARTS) is 1. The van der Waals surface area contributed by atoms with E-state index in [1.807, 2.05) is 10.6 Å². The average Bonchev–Trinajstić information content (AvgIpc) is 3.02. The van der Waals surface area contributed by atoms with Crippen LogP contribution in [0.1, 0.15) is 45.1 Å². The van der Waals surface area contributed by atoms with Gasteiger partial charge in [-0.05, 0) is 59.9 Å². The van der Waals surface area contributed by atoms with Crippen molar-refractivity contribution in [2.45, 2.75) is 43.7 Å². The van der Waals surface area contributed by atoms with Gasteiger partial charge in [0.15, 0.2) is 0 Å². The van der Waals surface area contributed by atoms with Crippen molar-refractivity contribution in [1.82, 2.24) is 10.3 Å². The highest BCUT2D eigenvalue weighted by atomic mass is 19.4. The van der Waals surface area contributed by atoms with Crippen LogP contribution in [0.4, 0.5) is 40.8 Å². The monoisotopic (exact) mass is 679 g/mol. The molecule has 1 aliphatic rings. The zero-order chi connectivity index (χ0) is 34.8. The summed E-state index contributed by atoms with van der Waals surface area (Å²) in [7, 11) is 0. The molecule has 2 heterocycles. The Morgan fingerprint density at radius 3 is 2.25 bits per heavy atom. The average molecular weight is 680 g/mol. The van der Waals surface area contributed by atoms with E-state index in [0.717, 1.165) is 12.1 Å². The number of carbonyl (C=O) groups is 2. The lowest BCUT2D eigenvalue weighted by Crippen LogP contribution is -2.43.